The number of halogens is 1. The molecule has 0 unspecified atom stereocenters. The molecular formula is C16H19ClN2O2S. The highest BCUT2D eigenvalue weighted by molar-refractivity contribution is 7.14. The number of alkyl halides is 1. The Labute approximate surface area is 139 Å². The fraction of sp³-hybridized carbons (Fsp3) is 0.375. The van der Waals surface area contributed by atoms with Crippen LogP contribution in [0.25, 0.3) is 0 Å². The molecule has 0 aliphatic rings. The van der Waals surface area contributed by atoms with Gasteiger partial charge in [-0.1, -0.05) is 17.7 Å². The first-order valence-corrected chi connectivity index (χ1v) is 8.32. The molecule has 118 valence electrons. The van der Waals surface area contributed by atoms with Gasteiger partial charge in [0.05, 0.1) is 17.3 Å². The van der Waals surface area contributed by atoms with E-state index < -0.39 is 11.7 Å². The van der Waals surface area contributed by atoms with Gasteiger partial charge in [0.1, 0.15) is 5.60 Å². The third kappa shape index (κ3) is 4.21. The van der Waals surface area contributed by atoms with Gasteiger partial charge in [0.15, 0.2) is 5.13 Å². The normalized spacial score (nSPS) is 11.3. The van der Waals surface area contributed by atoms with E-state index in [1.165, 1.54) is 16.2 Å². The number of carbonyl (C=O) groups is 1. The van der Waals surface area contributed by atoms with Crippen molar-refractivity contribution in [1.82, 2.24) is 4.98 Å². The Hall–Kier alpha value is -1.59. The number of rotatable bonds is 3. The Morgan fingerprint density at radius 2 is 1.95 bits per heavy atom. The van der Waals surface area contributed by atoms with Crippen molar-refractivity contribution in [1.29, 1.82) is 0 Å². The number of anilines is 2. The average molecular weight is 339 g/mol. The summed E-state index contributed by atoms with van der Waals surface area (Å²) in [6, 6.07) is 7.65. The van der Waals surface area contributed by atoms with Gasteiger partial charge in [-0.15, -0.1) is 22.9 Å². The molecule has 0 bridgehead atoms. The highest BCUT2D eigenvalue weighted by Crippen LogP contribution is 2.31. The lowest BCUT2D eigenvalue weighted by atomic mass is 10.2. The van der Waals surface area contributed by atoms with Crippen LogP contribution in [-0.2, 0) is 10.6 Å². The maximum atomic E-state index is 12.6. The van der Waals surface area contributed by atoms with Crippen molar-refractivity contribution in [3.05, 3.63) is 40.9 Å². The number of hydrogen-bond acceptors (Lipinski definition) is 4. The summed E-state index contributed by atoms with van der Waals surface area (Å²) in [5, 5.41) is 2.39. The molecule has 22 heavy (non-hydrogen) atoms. The van der Waals surface area contributed by atoms with Crippen molar-refractivity contribution in [2.75, 3.05) is 4.90 Å². The maximum absolute atomic E-state index is 12.6. The Bertz CT molecular complexity index is 647. The van der Waals surface area contributed by atoms with Gasteiger partial charge in [0.2, 0.25) is 0 Å². The quantitative estimate of drug-likeness (QED) is 0.716. The van der Waals surface area contributed by atoms with Gasteiger partial charge < -0.3 is 4.74 Å². The Morgan fingerprint density at radius 3 is 2.45 bits per heavy atom. The summed E-state index contributed by atoms with van der Waals surface area (Å²) >= 11 is 7.17. The number of carbonyl (C=O) groups excluding carboxylic acids is 1. The molecule has 0 radical (unpaired) electrons. The summed E-state index contributed by atoms with van der Waals surface area (Å²) in [5.41, 5.74) is 2.00. The summed E-state index contributed by atoms with van der Waals surface area (Å²) in [6.45, 7) is 7.51. The van der Waals surface area contributed by atoms with E-state index in [2.05, 4.69) is 4.98 Å². The van der Waals surface area contributed by atoms with E-state index >= 15 is 0 Å². The molecule has 1 heterocycles. The number of hydrogen-bond donors (Lipinski definition) is 0. The van der Waals surface area contributed by atoms with Crippen LogP contribution in [0.15, 0.2) is 29.6 Å². The molecule has 6 heteroatoms. The third-order valence-corrected chi connectivity index (χ3v) is 3.88. The largest absolute Gasteiger partial charge is 0.443 e. The number of thiazole rings is 1. The molecule has 2 aromatic rings. The van der Waals surface area contributed by atoms with Gasteiger partial charge in [0, 0.05) is 5.38 Å². The van der Waals surface area contributed by atoms with E-state index in [0.717, 1.165) is 16.9 Å². The van der Waals surface area contributed by atoms with Crippen LogP contribution in [0.1, 0.15) is 32.0 Å². The van der Waals surface area contributed by atoms with Crippen molar-refractivity contribution < 1.29 is 9.53 Å². The molecule has 4 nitrogen and oxygen atoms in total. The Kier molecular flexibility index (Phi) is 5.08. The topological polar surface area (TPSA) is 42.4 Å². The van der Waals surface area contributed by atoms with Gasteiger partial charge in [0.25, 0.3) is 0 Å². The fourth-order valence-electron chi connectivity index (χ4n) is 1.76. The number of nitrogens with zero attached hydrogens (tertiary/aromatic N) is 2. The molecule has 0 aliphatic carbocycles. The smallest absolute Gasteiger partial charge is 0.421 e. The van der Waals surface area contributed by atoms with Gasteiger partial charge >= 0.3 is 6.09 Å². The zero-order valence-electron chi connectivity index (χ0n) is 13.1. The van der Waals surface area contributed by atoms with E-state index in [1.807, 2.05) is 57.3 Å². The summed E-state index contributed by atoms with van der Waals surface area (Å²) in [5.74, 6) is 0.312. The number of benzene rings is 1. The van der Waals surface area contributed by atoms with E-state index in [1.54, 1.807) is 0 Å². The molecule has 1 aromatic heterocycles. The molecular weight excluding hydrogens is 320 g/mol. The van der Waals surface area contributed by atoms with Crippen LogP contribution in [0.4, 0.5) is 15.6 Å². The number of amides is 1. The standard InChI is InChI=1S/C16H19ClN2O2S/c1-11-5-7-13(8-6-11)19(15(20)21-16(2,3)4)14-18-12(9-17)10-22-14/h5-8,10H,9H2,1-4H3. The van der Waals surface area contributed by atoms with Crippen LogP contribution < -0.4 is 4.90 Å². The second kappa shape index (κ2) is 6.67. The molecule has 0 spiro atoms. The average Bonchev–Trinajstić information content (AvgIpc) is 2.88. The lowest BCUT2D eigenvalue weighted by Gasteiger charge is -2.25. The molecule has 0 saturated heterocycles. The minimum Gasteiger partial charge on any atom is -0.443 e. The van der Waals surface area contributed by atoms with E-state index in [9.17, 15) is 4.79 Å². The van der Waals surface area contributed by atoms with Crippen molar-refractivity contribution in [3.63, 3.8) is 0 Å². The highest BCUT2D eigenvalue weighted by atomic mass is 35.5. The predicted octanol–water partition coefficient (Wildman–Crippen LogP) is 5.26. The summed E-state index contributed by atoms with van der Waals surface area (Å²) < 4.78 is 5.50. The van der Waals surface area contributed by atoms with Crippen LogP contribution in [0.5, 0.6) is 0 Å². The first-order valence-electron chi connectivity index (χ1n) is 6.90. The first-order chi connectivity index (χ1) is 10.3. The second-order valence-electron chi connectivity index (χ2n) is 5.91. The monoisotopic (exact) mass is 338 g/mol. The van der Waals surface area contributed by atoms with Crippen LogP contribution in [0.3, 0.4) is 0 Å². The molecule has 0 saturated carbocycles. The molecule has 1 amide bonds. The van der Waals surface area contributed by atoms with E-state index in [4.69, 9.17) is 16.3 Å². The molecule has 0 atom stereocenters. The maximum Gasteiger partial charge on any atom is 0.421 e. The van der Waals surface area contributed by atoms with Gasteiger partial charge in [-0.3, -0.25) is 0 Å². The molecule has 0 fully saturated rings. The van der Waals surface area contributed by atoms with E-state index in [-0.39, 0.29) is 0 Å². The Balaban J connectivity index is 2.39. The minimum absolute atomic E-state index is 0.312. The second-order valence-corrected chi connectivity index (χ2v) is 7.01. The van der Waals surface area contributed by atoms with Crippen molar-refractivity contribution >= 4 is 39.8 Å². The summed E-state index contributed by atoms with van der Waals surface area (Å²) in [7, 11) is 0. The molecule has 0 aliphatic heterocycles. The van der Waals surface area contributed by atoms with Crippen LogP contribution in [-0.4, -0.2) is 16.7 Å². The molecule has 2 rings (SSSR count). The van der Waals surface area contributed by atoms with Crippen LogP contribution >= 0.6 is 22.9 Å². The zero-order valence-corrected chi connectivity index (χ0v) is 14.7. The van der Waals surface area contributed by atoms with Gasteiger partial charge in [-0.05, 0) is 39.8 Å². The van der Waals surface area contributed by atoms with Crippen molar-refractivity contribution in [3.8, 4) is 0 Å². The van der Waals surface area contributed by atoms with Crippen LogP contribution in [0, 0.1) is 6.92 Å². The van der Waals surface area contributed by atoms with Crippen molar-refractivity contribution in [2.24, 2.45) is 0 Å². The minimum atomic E-state index is -0.577. The molecule has 1 aromatic carbocycles. The number of aryl methyl sites for hydroxylation is 1. The summed E-state index contributed by atoms with van der Waals surface area (Å²) in [6.07, 6.45) is -0.452. The highest BCUT2D eigenvalue weighted by Gasteiger charge is 2.27. The van der Waals surface area contributed by atoms with Crippen molar-refractivity contribution in [2.45, 2.75) is 39.2 Å². The SMILES string of the molecule is Cc1ccc(N(C(=O)OC(C)(C)C)c2nc(CCl)cs2)cc1. The number of ether oxygens (including phenoxy) is 1. The predicted molar refractivity (Wildman–Crippen MR) is 91.2 cm³/mol. The lowest BCUT2D eigenvalue weighted by molar-refractivity contribution is 0.0599. The van der Waals surface area contributed by atoms with E-state index in [0.29, 0.717) is 11.0 Å². The Morgan fingerprint density at radius 1 is 1.32 bits per heavy atom. The first kappa shape index (κ1) is 16.8. The summed E-state index contributed by atoms with van der Waals surface area (Å²) in [4.78, 5) is 18.4. The third-order valence-electron chi connectivity index (χ3n) is 2.74. The van der Waals surface area contributed by atoms with Gasteiger partial charge in [-0.2, -0.15) is 0 Å². The fourth-order valence-corrected chi connectivity index (χ4v) is 2.82. The molecule has 0 N–H and O–H groups in total. The zero-order chi connectivity index (χ0) is 16.3. The van der Waals surface area contributed by atoms with Crippen LogP contribution in [0.2, 0.25) is 0 Å². The van der Waals surface area contributed by atoms with Gasteiger partial charge in [-0.25, -0.2) is 14.7 Å². The number of aromatic nitrogens is 1. The lowest BCUT2D eigenvalue weighted by Crippen LogP contribution is -2.33.